The molecular weight excluding hydrogens is 365 g/mol. The number of halogens is 4. The van der Waals surface area contributed by atoms with Crippen molar-refractivity contribution in [2.24, 2.45) is 0 Å². The van der Waals surface area contributed by atoms with E-state index in [1.807, 2.05) is 0 Å². The molecule has 0 aliphatic carbocycles. The molecule has 0 saturated heterocycles. The highest BCUT2D eigenvalue weighted by molar-refractivity contribution is 6.30. The van der Waals surface area contributed by atoms with Gasteiger partial charge in [-0.2, -0.15) is 13.2 Å². The number of rotatable bonds is 4. The number of fused-ring (bicyclic) bond motifs is 1. The van der Waals surface area contributed by atoms with Crippen LogP contribution >= 0.6 is 11.6 Å². The first-order valence-corrected chi connectivity index (χ1v) is 8.27. The lowest BCUT2D eigenvalue weighted by atomic mass is 9.76. The van der Waals surface area contributed by atoms with Crippen LogP contribution in [0.2, 0.25) is 5.02 Å². The Balaban J connectivity index is 2.33. The van der Waals surface area contributed by atoms with Crippen molar-refractivity contribution in [3.8, 4) is 0 Å². The molecule has 1 aliphatic rings. The fourth-order valence-corrected chi connectivity index (χ4v) is 3.60. The second-order valence-corrected chi connectivity index (χ2v) is 6.48. The average Bonchev–Trinajstić information content (AvgIpc) is 2.58. The minimum Gasteiger partial charge on any atom is -0.307 e. The number of benzene rings is 2. The van der Waals surface area contributed by atoms with Crippen LogP contribution in [0.4, 0.5) is 23.7 Å². The number of amides is 2. The fourth-order valence-electron chi connectivity index (χ4n) is 3.43. The molecule has 0 aromatic heterocycles. The van der Waals surface area contributed by atoms with Crippen LogP contribution < -0.4 is 5.32 Å². The summed E-state index contributed by atoms with van der Waals surface area (Å²) in [7, 11) is 0. The number of hydrogen-bond acceptors (Lipinski definition) is 1. The Hall–Kier alpha value is -2.47. The van der Waals surface area contributed by atoms with Crippen LogP contribution in [0.15, 0.2) is 61.2 Å². The number of carbonyl (C=O) groups excluding carboxylic acids is 1. The molecule has 3 rings (SSSR count). The van der Waals surface area contributed by atoms with E-state index in [0.29, 0.717) is 21.8 Å². The molecule has 1 atom stereocenters. The molecule has 1 aliphatic heterocycles. The van der Waals surface area contributed by atoms with Crippen molar-refractivity contribution in [1.82, 2.24) is 4.90 Å². The maximum atomic E-state index is 13.3. The Morgan fingerprint density at radius 2 is 1.88 bits per heavy atom. The standard InChI is InChI=1S/C19H16ClF3N2O/c1-2-10-18(13-6-4-3-5-7-13)15-11-14(20)8-9-16(15)24-17(26)25(18)12-19(21,22)23/h2-9,11H,1,10,12H2,(H,24,26). The van der Waals surface area contributed by atoms with Gasteiger partial charge in [0.2, 0.25) is 0 Å². The van der Waals surface area contributed by atoms with Gasteiger partial charge < -0.3 is 10.2 Å². The molecule has 0 spiro atoms. The topological polar surface area (TPSA) is 32.3 Å². The monoisotopic (exact) mass is 380 g/mol. The van der Waals surface area contributed by atoms with Gasteiger partial charge in [-0.15, -0.1) is 6.58 Å². The normalized spacial score (nSPS) is 19.7. The van der Waals surface area contributed by atoms with E-state index in [9.17, 15) is 18.0 Å². The van der Waals surface area contributed by atoms with Gasteiger partial charge in [0, 0.05) is 16.3 Å². The average molecular weight is 381 g/mol. The van der Waals surface area contributed by atoms with Crippen molar-refractivity contribution in [3.63, 3.8) is 0 Å². The van der Waals surface area contributed by atoms with E-state index in [2.05, 4.69) is 11.9 Å². The van der Waals surface area contributed by atoms with Gasteiger partial charge in [0.15, 0.2) is 0 Å². The van der Waals surface area contributed by atoms with Crippen molar-refractivity contribution in [2.75, 3.05) is 11.9 Å². The molecule has 2 aromatic carbocycles. The lowest BCUT2D eigenvalue weighted by molar-refractivity contribution is -0.148. The lowest BCUT2D eigenvalue weighted by Gasteiger charge is -2.48. The summed E-state index contributed by atoms with van der Waals surface area (Å²) in [6.45, 7) is 2.31. The predicted molar refractivity (Wildman–Crippen MR) is 95.3 cm³/mol. The highest BCUT2D eigenvalue weighted by Crippen LogP contribution is 2.47. The van der Waals surface area contributed by atoms with Crippen LogP contribution in [0.3, 0.4) is 0 Å². The molecule has 136 valence electrons. The first kappa shape index (κ1) is 18.3. The molecule has 3 nitrogen and oxygen atoms in total. The third kappa shape index (κ3) is 3.17. The second kappa shape index (κ2) is 6.68. The van der Waals surface area contributed by atoms with Crippen LogP contribution in [0.5, 0.6) is 0 Å². The summed E-state index contributed by atoms with van der Waals surface area (Å²) in [6.07, 6.45) is -2.94. The SMILES string of the molecule is C=CCC1(c2ccccc2)c2cc(Cl)ccc2NC(=O)N1CC(F)(F)F. The molecule has 0 saturated carbocycles. The van der Waals surface area contributed by atoms with E-state index in [1.165, 1.54) is 6.08 Å². The molecular formula is C19H16ClF3N2O. The van der Waals surface area contributed by atoms with E-state index in [4.69, 9.17) is 11.6 Å². The molecule has 26 heavy (non-hydrogen) atoms. The van der Waals surface area contributed by atoms with Crippen molar-refractivity contribution >= 4 is 23.3 Å². The molecule has 1 heterocycles. The first-order chi connectivity index (χ1) is 12.3. The Morgan fingerprint density at radius 3 is 2.50 bits per heavy atom. The van der Waals surface area contributed by atoms with Crippen molar-refractivity contribution in [1.29, 1.82) is 0 Å². The third-order valence-corrected chi connectivity index (χ3v) is 4.64. The summed E-state index contributed by atoms with van der Waals surface area (Å²) >= 11 is 6.13. The third-order valence-electron chi connectivity index (χ3n) is 4.40. The van der Waals surface area contributed by atoms with Crippen LogP contribution in [0.25, 0.3) is 0 Å². The molecule has 7 heteroatoms. The molecule has 1 N–H and O–H groups in total. The zero-order valence-electron chi connectivity index (χ0n) is 13.7. The van der Waals surface area contributed by atoms with Gasteiger partial charge in [-0.1, -0.05) is 48.0 Å². The van der Waals surface area contributed by atoms with Crippen molar-refractivity contribution in [2.45, 2.75) is 18.1 Å². The van der Waals surface area contributed by atoms with Crippen molar-refractivity contribution in [3.05, 3.63) is 77.3 Å². The number of nitrogens with zero attached hydrogens (tertiary/aromatic N) is 1. The van der Waals surface area contributed by atoms with Crippen molar-refractivity contribution < 1.29 is 18.0 Å². The Morgan fingerprint density at radius 1 is 1.19 bits per heavy atom. The smallest absolute Gasteiger partial charge is 0.307 e. The summed E-state index contributed by atoms with van der Waals surface area (Å²) in [4.78, 5) is 13.4. The van der Waals surface area contributed by atoms with Crippen LogP contribution in [0, 0.1) is 0 Å². The number of urea groups is 1. The number of anilines is 1. The minimum absolute atomic E-state index is 0.105. The van der Waals surface area contributed by atoms with E-state index in [-0.39, 0.29) is 6.42 Å². The zero-order valence-corrected chi connectivity index (χ0v) is 14.4. The lowest BCUT2D eigenvalue weighted by Crippen LogP contribution is -2.57. The Kier molecular flexibility index (Phi) is 4.71. The summed E-state index contributed by atoms with van der Waals surface area (Å²) in [5.41, 5.74) is 0.132. The first-order valence-electron chi connectivity index (χ1n) is 7.90. The van der Waals surface area contributed by atoms with Gasteiger partial charge in [-0.05, 0) is 30.2 Å². The van der Waals surface area contributed by atoms with Crippen LogP contribution in [-0.4, -0.2) is 23.7 Å². The van der Waals surface area contributed by atoms with Gasteiger partial charge >= 0.3 is 12.2 Å². The largest absolute Gasteiger partial charge is 0.406 e. The summed E-state index contributed by atoms with van der Waals surface area (Å²) in [5, 5.41) is 2.91. The number of alkyl halides is 3. The maximum Gasteiger partial charge on any atom is 0.406 e. The highest BCUT2D eigenvalue weighted by atomic mass is 35.5. The summed E-state index contributed by atoms with van der Waals surface area (Å²) in [6, 6.07) is 12.6. The maximum absolute atomic E-state index is 13.3. The van der Waals surface area contributed by atoms with Gasteiger partial charge in [0.1, 0.15) is 12.1 Å². The zero-order chi connectivity index (χ0) is 18.9. The number of hydrogen-bond donors (Lipinski definition) is 1. The van der Waals surface area contributed by atoms with E-state index < -0.39 is 24.3 Å². The van der Waals surface area contributed by atoms with Crippen LogP contribution in [-0.2, 0) is 5.54 Å². The van der Waals surface area contributed by atoms with Crippen LogP contribution in [0.1, 0.15) is 17.5 Å². The Labute approximate surface area is 154 Å². The van der Waals surface area contributed by atoms with Gasteiger partial charge in [-0.3, -0.25) is 0 Å². The van der Waals surface area contributed by atoms with E-state index >= 15 is 0 Å². The molecule has 0 radical (unpaired) electrons. The van der Waals surface area contributed by atoms with E-state index in [1.54, 1.807) is 48.5 Å². The predicted octanol–water partition coefficient (Wildman–Crippen LogP) is 5.57. The minimum atomic E-state index is -4.56. The summed E-state index contributed by atoms with van der Waals surface area (Å²) in [5.74, 6) is 0. The molecule has 1 unspecified atom stereocenters. The number of carbonyl (C=O) groups is 1. The second-order valence-electron chi connectivity index (χ2n) is 6.04. The molecule has 2 amide bonds. The molecule has 0 bridgehead atoms. The van der Waals surface area contributed by atoms with E-state index in [0.717, 1.165) is 4.90 Å². The number of nitrogens with one attached hydrogen (secondary N) is 1. The Bertz CT molecular complexity index is 838. The van der Waals surface area contributed by atoms with Gasteiger partial charge in [0.05, 0.1) is 0 Å². The molecule has 0 fully saturated rings. The molecule has 2 aromatic rings. The fraction of sp³-hybridized carbons (Fsp3) is 0.211. The van der Waals surface area contributed by atoms with Gasteiger partial charge in [-0.25, -0.2) is 4.79 Å². The summed E-state index contributed by atoms with van der Waals surface area (Å²) < 4.78 is 39.9. The van der Waals surface area contributed by atoms with Gasteiger partial charge in [0.25, 0.3) is 0 Å². The highest BCUT2D eigenvalue weighted by Gasteiger charge is 2.50. The quantitative estimate of drug-likeness (QED) is 0.691.